The van der Waals surface area contributed by atoms with Crippen molar-refractivity contribution in [1.29, 1.82) is 0 Å². The first-order chi connectivity index (χ1) is 35.1. The topological polar surface area (TPSA) is 244 Å². The minimum atomic E-state index is -0.832. The lowest BCUT2D eigenvalue weighted by Gasteiger charge is -2.14. The van der Waals surface area contributed by atoms with Gasteiger partial charge in [0.05, 0.1) is 17.1 Å². The van der Waals surface area contributed by atoms with Crippen LogP contribution in [0.15, 0.2) is 152 Å². The van der Waals surface area contributed by atoms with Crippen LogP contribution in [-0.4, -0.2) is 62.2 Å². The number of benzene rings is 4. The molecular formula is C53H43FN12O7. The molecule has 0 aliphatic carbocycles. The van der Waals surface area contributed by atoms with E-state index in [0.717, 1.165) is 11.1 Å². The summed E-state index contributed by atoms with van der Waals surface area (Å²) in [5.74, 6) is -2.51. The minimum absolute atomic E-state index is 0.0294. The smallest absolute Gasteiger partial charge is 0.281 e. The van der Waals surface area contributed by atoms with Gasteiger partial charge in [-0.05, 0) is 106 Å². The third kappa shape index (κ3) is 10.5. The molecule has 9 rings (SSSR count). The summed E-state index contributed by atoms with van der Waals surface area (Å²) < 4.78 is 25.5. The van der Waals surface area contributed by atoms with Crippen molar-refractivity contribution in [2.24, 2.45) is 0 Å². The van der Waals surface area contributed by atoms with E-state index in [1.807, 2.05) is 43.3 Å². The molecule has 73 heavy (non-hydrogen) atoms. The number of aromatic nitrogens is 9. The summed E-state index contributed by atoms with van der Waals surface area (Å²) >= 11 is 0. The number of carbonyl (C=O) groups excluding carboxylic acids is 3. The van der Waals surface area contributed by atoms with E-state index < -0.39 is 57.3 Å². The Bertz CT molecular complexity index is 3810. The Morgan fingerprint density at radius 1 is 0.603 bits per heavy atom. The van der Waals surface area contributed by atoms with Crippen LogP contribution in [0, 0.1) is 33.5 Å². The van der Waals surface area contributed by atoms with E-state index in [1.54, 1.807) is 88.4 Å². The number of nitrogens with zero attached hydrogens (tertiary/aromatic N) is 9. The molecule has 9 aromatic rings. The van der Waals surface area contributed by atoms with Gasteiger partial charge in [-0.3, -0.25) is 28.8 Å². The first-order valence-corrected chi connectivity index (χ1v) is 22.7. The number of amides is 3. The number of aryl methyl sites for hydroxylation is 4. The third-order valence-corrected chi connectivity index (χ3v) is 11.5. The Hall–Kier alpha value is -9.85. The van der Waals surface area contributed by atoms with Crippen molar-refractivity contribution in [2.75, 3.05) is 10.6 Å². The van der Waals surface area contributed by atoms with Crippen molar-refractivity contribution >= 4 is 29.2 Å². The van der Waals surface area contributed by atoms with Gasteiger partial charge in [0.2, 0.25) is 22.2 Å². The maximum Gasteiger partial charge on any atom is 0.281 e. The molecule has 1 atom stereocenters. The van der Waals surface area contributed by atoms with Crippen molar-refractivity contribution in [1.82, 2.24) is 49.8 Å². The molecule has 0 aliphatic rings. The normalized spacial score (nSPS) is 11.5. The van der Waals surface area contributed by atoms with E-state index >= 15 is 4.39 Å². The van der Waals surface area contributed by atoms with Crippen LogP contribution >= 0.6 is 0 Å². The molecule has 0 saturated heterocycles. The van der Waals surface area contributed by atoms with Crippen LogP contribution < -0.4 is 32.2 Å². The number of nitrogens with one attached hydrogen (secondary N) is 3. The highest BCUT2D eigenvalue weighted by Gasteiger charge is 2.23. The molecule has 0 fully saturated rings. The number of halogens is 1. The lowest BCUT2D eigenvalue weighted by Crippen LogP contribution is -2.33. The van der Waals surface area contributed by atoms with Crippen molar-refractivity contribution in [3.8, 4) is 28.3 Å². The zero-order chi connectivity index (χ0) is 51.5. The van der Waals surface area contributed by atoms with Crippen molar-refractivity contribution in [2.45, 2.75) is 47.1 Å². The third-order valence-electron chi connectivity index (χ3n) is 11.5. The average Bonchev–Trinajstić information content (AvgIpc) is 3.83. The number of carbonyl (C=O) groups is 3. The molecule has 0 bridgehead atoms. The number of hydrogen-bond acceptors (Lipinski definition) is 13. The van der Waals surface area contributed by atoms with E-state index in [0.29, 0.717) is 39.8 Å². The second-order valence-corrected chi connectivity index (χ2v) is 17.0. The lowest BCUT2D eigenvalue weighted by atomic mass is 10.1. The molecule has 3 N–H and O–H groups in total. The van der Waals surface area contributed by atoms with E-state index in [9.17, 15) is 28.8 Å². The molecule has 20 heteroatoms. The van der Waals surface area contributed by atoms with Crippen LogP contribution in [0.5, 0.6) is 0 Å². The first kappa shape index (κ1) is 48.2. The molecule has 5 aromatic heterocycles. The molecule has 1 unspecified atom stereocenters. The van der Waals surface area contributed by atoms with Gasteiger partial charge in [0, 0.05) is 53.0 Å². The predicted molar refractivity (Wildman–Crippen MR) is 267 cm³/mol. The molecular weight excluding hydrogens is 936 g/mol. The van der Waals surface area contributed by atoms with Gasteiger partial charge >= 0.3 is 0 Å². The highest BCUT2D eigenvalue weighted by atomic mass is 19.1. The van der Waals surface area contributed by atoms with Crippen molar-refractivity contribution in [3.05, 3.63) is 227 Å². The fourth-order valence-electron chi connectivity index (χ4n) is 7.82. The molecule has 0 aliphatic heterocycles. The summed E-state index contributed by atoms with van der Waals surface area (Å²) in [5, 5.41) is 25.0. The number of hydrogen-bond donors (Lipinski definition) is 3. The number of anilines is 2. The van der Waals surface area contributed by atoms with Crippen LogP contribution in [0.3, 0.4) is 0 Å². The van der Waals surface area contributed by atoms with E-state index in [1.165, 1.54) is 50.4 Å². The summed E-state index contributed by atoms with van der Waals surface area (Å²) in [6, 6.07) is 35.2. The minimum Gasteiger partial charge on any atom is -0.339 e. The molecule has 5 heterocycles. The van der Waals surface area contributed by atoms with Crippen molar-refractivity contribution in [3.63, 3.8) is 0 Å². The second-order valence-electron chi connectivity index (χ2n) is 17.0. The maximum atomic E-state index is 15.9. The monoisotopic (exact) mass is 978 g/mol. The maximum absolute atomic E-state index is 15.9. The van der Waals surface area contributed by atoms with Crippen LogP contribution in [0.2, 0.25) is 0 Å². The van der Waals surface area contributed by atoms with Gasteiger partial charge in [0.1, 0.15) is 23.4 Å². The van der Waals surface area contributed by atoms with Gasteiger partial charge in [-0.1, -0.05) is 59.8 Å². The average molecular weight is 979 g/mol. The quantitative estimate of drug-likeness (QED) is 0.109. The molecule has 3 amide bonds. The Balaban J connectivity index is 0.853. The number of rotatable bonds is 13. The predicted octanol–water partition coefficient (Wildman–Crippen LogP) is 6.73. The lowest BCUT2D eigenvalue weighted by molar-refractivity contribution is 0.0923. The van der Waals surface area contributed by atoms with Crippen LogP contribution in [0.1, 0.15) is 84.4 Å². The Kier molecular flexibility index (Phi) is 13.4. The SMILES string of the molecule is Cc1cccc(NC(=O)c2nn(-c3ccc(-c4cccc(NC(=O)c5nn(-c6ccc(Cc7noc(C(C)NC(=O)c8nn(-c9ccccc9)c(C)cc8=O)n7)cc6)c(C)cc5=O)n4)cc3F)c(C)cc2=O)c1. The van der Waals surface area contributed by atoms with Gasteiger partial charge in [-0.2, -0.15) is 20.3 Å². The zero-order valence-corrected chi connectivity index (χ0v) is 39.7. The number of para-hydroxylation sites is 1. The fraction of sp³-hybridized carbons (Fsp3) is 0.132. The van der Waals surface area contributed by atoms with E-state index in [2.05, 4.69) is 46.4 Å². The summed E-state index contributed by atoms with van der Waals surface area (Å²) in [5.41, 5.74) is 2.36. The zero-order valence-electron chi connectivity index (χ0n) is 39.7. The Morgan fingerprint density at radius 2 is 1.19 bits per heavy atom. The Labute approximate surface area is 414 Å². The van der Waals surface area contributed by atoms with Gasteiger partial charge in [0.25, 0.3) is 17.7 Å². The van der Waals surface area contributed by atoms with Gasteiger partial charge in [-0.15, -0.1) is 0 Å². The highest BCUT2D eigenvalue weighted by Crippen LogP contribution is 2.25. The molecule has 0 saturated carbocycles. The van der Waals surface area contributed by atoms with E-state index in [4.69, 9.17) is 4.52 Å². The molecule has 0 spiro atoms. The van der Waals surface area contributed by atoms with Crippen LogP contribution in [-0.2, 0) is 6.42 Å². The molecule has 4 aromatic carbocycles. The molecule has 364 valence electrons. The molecule has 19 nitrogen and oxygen atoms in total. The summed E-state index contributed by atoms with van der Waals surface area (Å²) in [6.45, 7) is 8.46. The fourth-order valence-corrected chi connectivity index (χ4v) is 7.82. The van der Waals surface area contributed by atoms with Crippen LogP contribution in [0.4, 0.5) is 15.9 Å². The van der Waals surface area contributed by atoms with E-state index in [-0.39, 0.29) is 40.9 Å². The van der Waals surface area contributed by atoms with Crippen LogP contribution in [0.25, 0.3) is 28.3 Å². The first-order valence-electron chi connectivity index (χ1n) is 22.7. The summed E-state index contributed by atoms with van der Waals surface area (Å²) in [7, 11) is 0. The van der Waals surface area contributed by atoms with Crippen molar-refractivity contribution < 1.29 is 23.3 Å². The summed E-state index contributed by atoms with van der Waals surface area (Å²) in [6.07, 6.45) is 0.251. The van der Waals surface area contributed by atoms with Gasteiger partial charge < -0.3 is 20.5 Å². The molecule has 0 radical (unpaired) electrons. The second kappa shape index (κ2) is 20.2. The standard InChI is InChI=1S/C53H43FN12O7/c1-29-11-9-12-36(23-29)56-51(71)48-44(69)26-32(4)66(62-48)41-22-19-35(28-39(41)54)40-15-10-16-45(57-40)58-52(72)49-43(68)25-31(3)65(61-49)38-20-17-34(18-21-38)27-46-59-53(73-63-46)33(5)55-50(70)47-42(67)24-30(2)64(60-47)37-13-7-6-8-14-37/h6-26,28,33H,27H2,1-5H3,(H,55,70)(H,56,71)(H,57,58,72). The Morgan fingerprint density at radius 3 is 1.84 bits per heavy atom. The van der Waals surface area contributed by atoms with Gasteiger partial charge in [0.15, 0.2) is 22.9 Å². The summed E-state index contributed by atoms with van der Waals surface area (Å²) in [4.78, 5) is 87.6. The largest absolute Gasteiger partial charge is 0.339 e. The highest BCUT2D eigenvalue weighted by molar-refractivity contribution is 6.03. The number of pyridine rings is 1. The van der Waals surface area contributed by atoms with Gasteiger partial charge in [-0.25, -0.2) is 23.4 Å².